The largest absolute Gasteiger partial charge is 0.497 e. The van der Waals surface area contributed by atoms with Crippen LogP contribution in [-0.2, 0) is 0 Å². The number of ether oxygens (including phenoxy) is 1. The van der Waals surface area contributed by atoms with Crippen LogP contribution in [0, 0.1) is 7.05 Å². The lowest BCUT2D eigenvalue weighted by atomic mass is 10.00. The fourth-order valence-electron chi connectivity index (χ4n) is 1.78. The third-order valence-corrected chi connectivity index (χ3v) is 2.75. The SMILES string of the molecule is [CH2]N1CC=C(c2ccc(OC)cc2)CC1. The van der Waals surface area contributed by atoms with E-state index in [4.69, 9.17) is 4.74 Å². The van der Waals surface area contributed by atoms with Crippen LogP contribution in [-0.4, -0.2) is 25.1 Å². The molecule has 0 amide bonds. The molecule has 79 valence electrons. The van der Waals surface area contributed by atoms with Gasteiger partial charge in [-0.3, -0.25) is 4.90 Å². The first-order valence-corrected chi connectivity index (χ1v) is 5.18. The minimum Gasteiger partial charge on any atom is -0.497 e. The molecule has 0 spiro atoms. The summed E-state index contributed by atoms with van der Waals surface area (Å²) in [7, 11) is 5.61. The summed E-state index contributed by atoms with van der Waals surface area (Å²) >= 11 is 0. The van der Waals surface area contributed by atoms with Crippen molar-refractivity contribution in [3.05, 3.63) is 43.0 Å². The highest BCUT2D eigenvalue weighted by atomic mass is 16.5. The molecule has 2 nitrogen and oxygen atoms in total. The zero-order valence-corrected chi connectivity index (χ0v) is 9.07. The summed E-state index contributed by atoms with van der Waals surface area (Å²) in [6.45, 7) is 1.99. The van der Waals surface area contributed by atoms with Gasteiger partial charge in [0.1, 0.15) is 5.75 Å². The first-order chi connectivity index (χ1) is 7.29. The molecule has 15 heavy (non-hydrogen) atoms. The molecule has 0 saturated heterocycles. The number of methoxy groups -OCH3 is 1. The van der Waals surface area contributed by atoms with Gasteiger partial charge in [-0.2, -0.15) is 0 Å². The molecule has 0 saturated carbocycles. The van der Waals surface area contributed by atoms with Crippen molar-refractivity contribution < 1.29 is 4.74 Å². The van der Waals surface area contributed by atoms with Gasteiger partial charge < -0.3 is 4.74 Å². The lowest BCUT2D eigenvalue weighted by Gasteiger charge is -2.21. The molecule has 0 fully saturated rings. The highest BCUT2D eigenvalue weighted by molar-refractivity contribution is 5.67. The van der Waals surface area contributed by atoms with E-state index in [1.807, 2.05) is 12.1 Å². The Hall–Kier alpha value is -1.28. The Morgan fingerprint density at radius 3 is 2.53 bits per heavy atom. The molecule has 1 aromatic rings. The predicted molar refractivity (Wildman–Crippen MR) is 62.5 cm³/mol. The Morgan fingerprint density at radius 2 is 2.00 bits per heavy atom. The van der Waals surface area contributed by atoms with Crippen molar-refractivity contribution in [1.82, 2.24) is 4.90 Å². The third-order valence-electron chi connectivity index (χ3n) is 2.75. The first-order valence-electron chi connectivity index (χ1n) is 5.18. The number of nitrogens with zero attached hydrogens (tertiary/aromatic N) is 1. The monoisotopic (exact) mass is 202 g/mol. The van der Waals surface area contributed by atoms with Gasteiger partial charge in [0.2, 0.25) is 0 Å². The number of rotatable bonds is 2. The number of hydrogen-bond donors (Lipinski definition) is 0. The molecule has 1 aliphatic rings. The number of benzene rings is 1. The normalized spacial score (nSPS) is 17.3. The average Bonchev–Trinajstić information content (AvgIpc) is 2.30. The van der Waals surface area contributed by atoms with Crippen LogP contribution in [0.15, 0.2) is 30.3 Å². The van der Waals surface area contributed by atoms with Crippen molar-refractivity contribution in [1.29, 1.82) is 0 Å². The van der Waals surface area contributed by atoms with E-state index in [0.29, 0.717) is 0 Å². The summed E-state index contributed by atoms with van der Waals surface area (Å²) in [4.78, 5) is 2.08. The highest BCUT2D eigenvalue weighted by Gasteiger charge is 2.09. The van der Waals surface area contributed by atoms with E-state index in [-0.39, 0.29) is 0 Å². The molecule has 2 heteroatoms. The van der Waals surface area contributed by atoms with Gasteiger partial charge >= 0.3 is 0 Å². The second-order valence-electron chi connectivity index (χ2n) is 3.78. The second-order valence-corrected chi connectivity index (χ2v) is 3.78. The van der Waals surface area contributed by atoms with Crippen LogP contribution in [0.3, 0.4) is 0 Å². The van der Waals surface area contributed by atoms with Crippen molar-refractivity contribution in [2.75, 3.05) is 20.2 Å². The van der Waals surface area contributed by atoms with E-state index >= 15 is 0 Å². The van der Waals surface area contributed by atoms with Gasteiger partial charge in [0.15, 0.2) is 0 Å². The van der Waals surface area contributed by atoms with E-state index in [0.717, 1.165) is 25.3 Å². The molecular formula is C13H16NO. The highest BCUT2D eigenvalue weighted by Crippen LogP contribution is 2.23. The van der Waals surface area contributed by atoms with Gasteiger partial charge in [0, 0.05) is 20.1 Å². The minimum absolute atomic E-state index is 0.911. The molecule has 0 N–H and O–H groups in total. The molecule has 0 aliphatic carbocycles. The zero-order valence-electron chi connectivity index (χ0n) is 9.07. The standard InChI is InChI=1S/C13H16NO/c1-14-9-7-12(8-10-14)11-3-5-13(15-2)6-4-11/h3-7H,1,8-10H2,2H3. The summed E-state index contributed by atoms with van der Waals surface area (Å²) < 4.78 is 5.14. The lowest BCUT2D eigenvalue weighted by Crippen LogP contribution is -2.21. The maximum atomic E-state index is 5.14. The smallest absolute Gasteiger partial charge is 0.118 e. The third kappa shape index (κ3) is 2.39. The first kappa shape index (κ1) is 10.2. The van der Waals surface area contributed by atoms with Gasteiger partial charge in [0.25, 0.3) is 0 Å². The van der Waals surface area contributed by atoms with Crippen LogP contribution in [0.2, 0.25) is 0 Å². The van der Waals surface area contributed by atoms with E-state index in [2.05, 4.69) is 30.2 Å². The molecule has 0 aromatic heterocycles. The van der Waals surface area contributed by atoms with Crippen LogP contribution < -0.4 is 4.74 Å². The average molecular weight is 202 g/mol. The Labute approximate surface area is 91.2 Å². The van der Waals surface area contributed by atoms with E-state index in [1.165, 1.54) is 11.1 Å². The zero-order chi connectivity index (χ0) is 10.7. The van der Waals surface area contributed by atoms with Gasteiger partial charge in [-0.05, 0) is 29.7 Å². The van der Waals surface area contributed by atoms with Crippen LogP contribution in [0.4, 0.5) is 0 Å². The summed E-state index contributed by atoms with van der Waals surface area (Å²) in [6, 6.07) is 8.24. The Morgan fingerprint density at radius 1 is 1.27 bits per heavy atom. The maximum Gasteiger partial charge on any atom is 0.118 e. The number of hydrogen-bond acceptors (Lipinski definition) is 2. The van der Waals surface area contributed by atoms with E-state index in [1.54, 1.807) is 7.11 Å². The summed E-state index contributed by atoms with van der Waals surface area (Å²) in [5, 5.41) is 0. The van der Waals surface area contributed by atoms with E-state index in [9.17, 15) is 0 Å². The molecule has 1 radical (unpaired) electrons. The topological polar surface area (TPSA) is 12.5 Å². The second kappa shape index (κ2) is 4.49. The van der Waals surface area contributed by atoms with Gasteiger partial charge in [-0.1, -0.05) is 18.2 Å². The van der Waals surface area contributed by atoms with Crippen molar-refractivity contribution in [3.8, 4) is 5.75 Å². The minimum atomic E-state index is 0.911. The predicted octanol–water partition coefficient (Wildman–Crippen LogP) is 2.58. The Kier molecular flexibility index (Phi) is 3.07. The molecule has 2 rings (SSSR count). The summed E-state index contributed by atoms with van der Waals surface area (Å²) in [5.74, 6) is 0.911. The Bertz CT molecular complexity index is 353. The summed E-state index contributed by atoms with van der Waals surface area (Å²) in [6.07, 6.45) is 3.33. The van der Waals surface area contributed by atoms with Crippen LogP contribution in [0.25, 0.3) is 5.57 Å². The lowest BCUT2D eigenvalue weighted by molar-refractivity contribution is 0.408. The molecule has 0 atom stereocenters. The maximum absolute atomic E-state index is 5.14. The molecule has 1 aliphatic heterocycles. The van der Waals surface area contributed by atoms with Gasteiger partial charge in [0.05, 0.1) is 7.11 Å². The molecular weight excluding hydrogens is 186 g/mol. The van der Waals surface area contributed by atoms with Crippen molar-refractivity contribution >= 4 is 5.57 Å². The fraction of sp³-hybridized carbons (Fsp3) is 0.308. The molecule has 1 heterocycles. The van der Waals surface area contributed by atoms with Gasteiger partial charge in [-0.15, -0.1) is 0 Å². The van der Waals surface area contributed by atoms with Gasteiger partial charge in [-0.25, -0.2) is 0 Å². The van der Waals surface area contributed by atoms with Crippen molar-refractivity contribution in [3.63, 3.8) is 0 Å². The van der Waals surface area contributed by atoms with E-state index < -0.39 is 0 Å². The molecule has 1 aromatic carbocycles. The molecule has 0 bridgehead atoms. The Balaban J connectivity index is 2.16. The van der Waals surface area contributed by atoms with Crippen LogP contribution in [0.1, 0.15) is 12.0 Å². The van der Waals surface area contributed by atoms with Crippen molar-refractivity contribution in [2.45, 2.75) is 6.42 Å². The quantitative estimate of drug-likeness (QED) is 0.731. The fourth-order valence-corrected chi connectivity index (χ4v) is 1.78. The van der Waals surface area contributed by atoms with Crippen LogP contribution >= 0.6 is 0 Å². The summed E-state index contributed by atoms with van der Waals surface area (Å²) in [5.41, 5.74) is 2.71. The van der Waals surface area contributed by atoms with Crippen molar-refractivity contribution in [2.24, 2.45) is 0 Å². The molecule has 0 unspecified atom stereocenters. The van der Waals surface area contributed by atoms with Crippen LogP contribution in [0.5, 0.6) is 5.75 Å².